The van der Waals surface area contributed by atoms with Crippen LogP contribution >= 0.6 is 0 Å². The molecule has 1 saturated heterocycles. The molecule has 1 aromatic carbocycles. The van der Waals surface area contributed by atoms with Crippen LogP contribution in [-0.4, -0.2) is 40.2 Å². The van der Waals surface area contributed by atoms with Gasteiger partial charge in [0.15, 0.2) is 0 Å². The number of hydrogen-bond donors (Lipinski definition) is 0. The summed E-state index contributed by atoms with van der Waals surface area (Å²) >= 11 is 0. The first-order valence-electron chi connectivity index (χ1n) is 9.18. The van der Waals surface area contributed by atoms with E-state index in [1.807, 2.05) is 18.7 Å². The molecule has 5 nitrogen and oxygen atoms in total. The van der Waals surface area contributed by atoms with Crippen molar-refractivity contribution in [3.05, 3.63) is 72.4 Å². The predicted molar refractivity (Wildman–Crippen MR) is 106 cm³/mol. The molecule has 4 rings (SSSR count). The number of nitrogens with zero attached hydrogens (tertiary/aromatic N) is 5. The molecule has 0 N–H and O–H groups in total. The van der Waals surface area contributed by atoms with Gasteiger partial charge >= 0.3 is 0 Å². The Hall–Kier alpha value is -2.82. The van der Waals surface area contributed by atoms with Crippen LogP contribution in [0.5, 0.6) is 0 Å². The molecule has 26 heavy (non-hydrogen) atoms. The Morgan fingerprint density at radius 3 is 2.58 bits per heavy atom. The molecular weight excluding hydrogens is 322 g/mol. The lowest BCUT2D eigenvalue weighted by Crippen LogP contribution is -2.52. The number of aromatic nitrogens is 3. The number of rotatable bonds is 4. The summed E-state index contributed by atoms with van der Waals surface area (Å²) in [5.41, 5.74) is 3.81. The van der Waals surface area contributed by atoms with Gasteiger partial charge in [0.05, 0.1) is 6.33 Å². The lowest BCUT2D eigenvalue weighted by atomic mass is 10.1. The molecule has 3 heterocycles. The fourth-order valence-electron chi connectivity index (χ4n) is 3.56. The van der Waals surface area contributed by atoms with Crippen molar-refractivity contribution in [1.82, 2.24) is 14.5 Å². The molecule has 1 atom stereocenters. The van der Waals surface area contributed by atoms with Crippen molar-refractivity contribution >= 4 is 11.5 Å². The van der Waals surface area contributed by atoms with Crippen LogP contribution in [0.1, 0.15) is 18.1 Å². The topological polar surface area (TPSA) is 37.2 Å². The highest BCUT2D eigenvalue weighted by molar-refractivity contribution is 5.51. The highest BCUT2D eigenvalue weighted by Crippen LogP contribution is 2.23. The minimum atomic E-state index is 0.428. The normalized spacial score (nSPS) is 17.5. The molecule has 0 saturated carbocycles. The third-order valence-electron chi connectivity index (χ3n) is 5.05. The number of benzene rings is 1. The first kappa shape index (κ1) is 16.6. The average molecular weight is 347 g/mol. The zero-order valence-electron chi connectivity index (χ0n) is 15.4. The minimum Gasteiger partial charge on any atom is -0.368 e. The molecule has 1 aliphatic heterocycles. The van der Waals surface area contributed by atoms with Crippen LogP contribution in [0.4, 0.5) is 11.5 Å². The van der Waals surface area contributed by atoms with Gasteiger partial charge in [0.25, 0.3) is 0 Å². The lowest BCUT2D eigenvalue weighted by molar-refractivity contribution is 0.546. The first-order chi connectivity index (χ1) is 12.7. The summed E-state index contributed by atoms with van der Waals surface area (Å²) in [4.78, 5) is 13.7. The number of hydrogen-bond acceptors (Lipinski definition) is 4. The van der Waals surface area contributed by atoms with Gasteiger partial charge in [-0.3, -0.25) is 0 Å². The Labute approximate surface area is 154 Å². The van der Waals surface area contributed by atoms with E-state index < -0.39 is 0 Å². The van der Waals surface area contributed by atoms with Gasteiger partial charge in [-0.15, -0.1) is 0 Å². The van der Waals surface area contributed by atoms with Crippen LogP contribution in [0.15, 0.2) is 61.3 Å². The maximum atomic E-state index is 4.72. The van der Waals surface area contributed by atoms with Crippen LogP contribution in [0.2, 0.25) is 0 Å². The quantitative estimate of drug-likeness (QED) is 0.725. The van der Waals surface area contributed by atoms with Crippen LogP contribution in [0.25, 0.3) is 0 Å². The van der Waals surface area contributed by atoms with Gasteiger partial charge in [0, 0.05) is 56.5 Å². The molecule has 1 fully saturated rings. The third-order valence-corrected chi connectivity index (χ3v) is 5.05. The fraction of sp³-hybridized carbons (Fsp3) is 0.333. The molecule has 134 valence electrons. The molecule has 0 bridgehead atoms. The van der Waals surface area contributed by atoms with Crippen LogP contribution in [-0.2, 0) is 6.54 Å². The van der Waals surface area contributed by atoms with E-state index in [1.165, 1.54) is 16.8 Å². The predicted octanol–water partition coefficient (Wildman–Crippen LogP) is 3.35. The summed E-state index contributed by atoms with van der Waals surface area (Å²) in [5, 5.41) is 0. The van der Waals surface area contributed by atoms with E-state index >= 15 is 0 Å². The molecular formula is C21H25N5. The van der Waals surface area contributed by atoms with Gasteiger partial charge < -0.3 is 14.4 Å². The largest absolute Gasteiger partial charge is 0.368 e. The Morgan fingerprint density at radius 1 is 1.08 bits per heavy atom. The molecule has 3 aromatic rings. The van der Waals surface area contributed by atoms with Gasteiger partial charge in [-0.2, -0.15) is 0 Å². The number of pyridine rings is 1. The van der Waals surface area contributed by atoms with Gasteiger partial charge in [-0.1, -0.05) is 23.8 Å². The molecule has 2 aromatic heterocycles. The van der Waals surface area contributed by atoms with Gasteiger partial charge in [-0.25, -0.2) is 9.97 Å². The molecule has 0 amide bonds. The SMILES string of the molecule is Cc1ccc(N2CCN(c3ccc(Cn4ccnc4)cn3)[C@H](C)C2)cc1. The Balaban J connectivity index is 1.41. The second kappa shape index (κ2) is 7.20. The molecule has 5 heteroatoms. The molecule has 0 spiro atoms. The highest BCUT2D eigenvalue weighted by Gasteiger charge is 2.24. The zero-order chi connectivity index (χ0) is 17.9. The Morgan fingerprint density at radius 2 is 1.92 bits per heavy atom. The first-order valence-corrected chi connectivity index (χ1v) is 9.18. The van der Waals surface area contributed by atoms with Crippen LogP contribution < -0.4 is 9.80 Å². The second-order valence-electron chi connectivity index (χ2n) is 7.08. The summed E-state index contributed by atoms with van der Waals surface area (Å²) in [6.45, 7) is 8.24. The molecule has 0 radical (unpaired) electrons. The number of aryl methyl sites for hydroxylation is 1. The van der Waals surface area contributed by atoms with Crippen molar-refractivity contribution in [2.75, 3.05) is 29.4 Å². The molecule has 0 aliphatic carbocycles. The van der Waals surface area contributed by atoms with E-state index in [-0.39, 0.29) is 0 Å². The van der Waals surface area contributed by atoms with E-state index in [2.05, 4.69) is 69.6 Å². The zero-order valence-corrected chi connectivity index (χ0v) is 15.4. The van der Waals surface area contributed by atoms with Gasteiger partial charge in [0.2, 0.25) is 0 Å². The van der Waals surface area contributed by atoms with E-state index in [9.17, 15) is 0 Å². The summed E-state index contributed by atoms with van der Waals surface area (Å²) in [6.07, 6.45) is 7.59. The van der Waals surface area contributed by atoms with Crippen molar-refractivity contribution in [1.29, 1.82) is 0 Å². The number of anilines is 2. The lowest BCUT2D eigenvalue weighted by Gasteiger charge is -2.41. The molecule has 0 unspecified atom stereocenters. The summed E-state index contributed by atoms with van der Waals surface area (Å²) in [7, 11) is 0. The van der Waals surface area contributed by atoms with Crippen LogP contribution in [0, 0.1) is 6.92 Å². The van der Waals surface area contributed by atoms with Gasteiger partial charge in [0.1, 0.15) is 5.82 Å². The highest BCUT2D eigenvalue weighted by atomic mass is 15.3. The van der Waals surface area contributed by atoms with E-state index in [4.69, 9.17) is 4.98 Å². The standard InChI is InChI=1S/C21H25N5/c1-17-3-6-20(7-4-17)25-11-12-26(18(2)14-25)21-8-5-19(13-23-21)15-24-10-9-22-16-24/h3-10,13,16,18H,11-12,14-15H2,1-2H3/t18-/m1/s1. The second-order valence-corrected chi connectivity index (χ2v) is 7.08. The number of piperazine rings is 1. The van der Waals surface area contributed by atoms with E-state index in [0.29, 0.717) is 6.04 Å². The minimum absolute atomic E-state index is 0.428. The van der Waals surface area contributed by atoms with Crippen molar-refractivity contribution in [3.8, 4) is 0 Å². The monoisotopic (exact) mass is 347 g/mol. The number of imidazole rings is 1. The third kappa shape index (κ3) is 3.57. The van der Waals surface area contributed by atoms with Crippen LogP contribution in [0.3, 0.4) is 0 Å². The van der Waals surface area contributed by atoms with E-state index in [1.54, 1.807) is 6.20 Å². The molecule has 1 aliphatic rings. The summed E-state index contributed by atoms with van der Waals surface area (Å²) in [5.74, 6) is 1.07. The average Bonchev–Trinajstić information content (AvgIpc) is 3.16. The maximum Gasteiger partial charge on any atom is 0.128 e. The smallest absolute Gasteiger partial charge is 0.128 e. The summed E-state index contributed by atoms with van der Waals surface area (Å²) < 4.78 is 2.06. The van der Waals surface area contributed by atoms with Crippen molar-refractivity contribution < 1.29 is 0 Å². The van der Waals surface area contributed by atoms with Crippen molar-refractivity contribution in [3.63, 3.8) is 0 Å². The Bertz CT molecular complexity index is 824. The maximum absolute atomic E-state index is 4.72. The summed E-state index contributed by atoms with van der Waals surface area (Å²) in [6, 6.07) is 13.6. The van der Waals surface area contributed by atoms with Crippen molar-refractivity contribution in [2.45, 2.75) is 26.4 Å². The van der Waals surface area contributed by atoms with Gasteiger partial charge in [-0.05, 0) is 37.6 Å². The van der Waals surface area contributed by atoms with E-state index in [0.717, 1.165) is 32.0 Å². The fourth-order valence-corrected chi connectivity index (χ4v) is 3.56. The Kier molecular flexibility index (Phi) is 4.61. The van der Waals surface area contributed by atoms with Crippen molar-refractivity contribution in [2.24, 2.45) is 0 Å².